The molecule has 0 spiro atoms. The van der Waals surface area contributed by atoms with Gasteiger partial charge in [-0.1, -0.05) is 0 Å². The van der Waals surface area contributed by atoms with E-state index in [2.05, 4.69) is 10.2 Å². The van der Waals surface area contributed by atoms with E-state index in [1.54, 1.807) is 48.5 Å². The smallest absolute Gasteiger partial charge is 0.185 e. The van der Waals surface area contributed by atoms with Gasteiger partial charge in [-0.15, -0.1) is 0 Å². The fraction of sp³-hybridized carbons (Fsp3) is 0. The van der Waals surface area contributed by atoms with Gasteiger partial charge in [0.2, 0.25) is 0 Å². The molecule has 23 heavy (non-hydrogen) atoms. The Kier molecular flexibility index (Phi) is 4.01. The van der Waals surface area contributed by atoms with E-state index in [0.29, 0.717) is 22.6 Å². The van der Waals surface area contributed by atoms with E-state index in [0.717, 1.165) is 5.56 Å². The van der Waals surface area contributed by atoms with Crippen LogP contribution in [0.4, 0.5) is 10.1 Å². The average molecular weight is 307 g/mol. The lowest BCUT2D eigenvalue weighted by Crippen LogP contribution is -1.94. The van der Waals surface area contributed by atoms with Gasteiger partial charge < -0.3 is 5.73 Å². The van der Waals surface area contributed by atoms with Gasteiger partial charge in [-0.05, 0) is 66.7 Å². The molecule has 0 unspecified atom stereocenters. The third kappa shape index (κ3) is 3.52. The van der Waals surface area contributed by atoms with Crippen LogP contribution in [0.2, 0.25) is 0 Å². The number of rotatable bonds is 4. The fourth-order valence-electron chi connectivity index (χ4n) is 2.10. The first-order chi connectivity index (χ1) is 11.1. The van der Waals surface area contributed by atoms with Crippen molar-refractivity contribution >= 4 is 17.5 Å². The summed E-state index contributed by atoms with van der Waals surface area (Å²) in [5.74, 6) is -0.415. The summed E-state index contributed by atoms with van der Waals surface area (Å²) in [5, 5.41) is 6.98. The highest BCUT2D eigenvalue weighted by Gasteiger charge is 2.04. The van der Waals surface area contributed by atoms with Crippen molar-refractivity contribution in [1.82, 2.24) is 10.2 Å². The number of allylic oxidation sites excluding steroid dienone is 1. The molecule has 114 valence electrons. The van der Waals surface area contributed by atoms with Crippen LogP contribution < -0.4 is 5.73 Å². The van der Waals surface area contributed by atoms with E-state index in [9.17, 15) is 9.18 Å². The Hall–Kier alpha value is -3.21. The number of nitrogen functional groups attached to an aromatic ring is 1. The molecule has 5 heteroatoms. The zero-order valence-electron chi connectivity index (χ0n) is 12.2. The molecule has 0 atom stereocenters. The van der Waals surface area contributed by atoms with E-state index in [-0.39, 0.29) is 11.6 Å². The summed E-state index contributed by atoms with van der Waals surface area (Å²) in [4.78, 5) is 12.0. The molecule has 0 aliphatic rings. The van der Waals surface area contributed by atoms with Crippen molar-refractivity contribution in [2.75, 3.05) is 5.73 Å². The zero-order valence-corrected chi connectivity index (χ0v) is 12.2. The second-order valence-electron chi connectivity index (χ2n) is 5.04. The summed E-state index contributed by atoms with van der Waals surface area (Å²) in [6, 6.07) is 14.6. The maximum atomic E-state index is 12.9. The molecule has 3 aromatic rings. The van der Waals surface area contributed by atoms with Crippen molar-refractivity contribution in [3.8, 4) is 11.3 Å². The van der Waals surface area contributed by atoms with Crippen LogP contribution in [-0.4, -0.2) is 16.0 Å². The number of halogens is 1. The van der Waals surface area contributed by atoms with Gasteiger partial charge in [0.1, 0.15) is 5.82 Å². The van der Waals surface area contributed by atoms with Crippen LogP contribution in [0.3, 0.4) is 0 Å². The highest BCUT2D eigenvalue weighted by molar-refractivity contribution is 6.06. The molecule has 0 aliphatic carbocycles. The summed E-state index contributed by atoms with van der Waals surface area (Å²) < 4.78 is 12.9. The number of aromatic amines is 1. The summed E-state index contributed by atoms with van der Waals surface area (Å²) >= 11 is 0. The Balaban J connectivity index is 1.74. The molecule has 0 amide bonds. The Labute approximate surface area is 132 Å². The zero-order chi connectivity index (χ0) is 16.2. The summed E-state index contributed by atoms with van der Waals surface area (Å²) in [6.07, 6.45) is 3.12. The van der Waals surface area contributed by atoms with Crippen molar-refractivity contribution in [1.29, 1.82) is 0 Å². The van der Waals surface area contributed by atoms with Gasteiger partial charge in [-0.3, -0.25) is 9.89 Å². The van der Waals surface area contributed by atoms with Crippen LogP contribution in [-0.2, 0) is 0 Å². The molecule has 0 bridgehead atoms. The van der Waals surface area contributed by atoms with E-state index in [1.807, 2.05) is 0 Å². The lowest BCUT2D eigenvalue weighted by molar-refractivity contribution is 0.104. The number of carbonyl (C=O) groups excluding carboxylic acids is 1. The third-order valence-electron chi connectivity index (χ3n) is 3.35. The Morgan fingerprint density at radius 1 is 1.09 bits per heavy atom. The van der Waals surface area contributed by atoms with Crippen molar-refractivity contribution in [3.63, 3.8) is 0 Å². The maximum absolute atomic E-state index is 12.9. The molecular weight excluding hydrogens is 293 g/mol. The van der Waals surface area contributed by atoms with E-state index >= 15 is 0 Å². The number of aromatic nitrogens is 2. The van der Waals surface area contributed by atoms with Crippen molar-refractivity contribution < 1.29 is 9.18 Å². The standard InChI is InChI=1S/C18H14FN3O/c19-14-5-1-12(2-6-14)17-11-16(21-22-17)9-10-18(23)13-3-7-15(20)8-4-13/h1-11H,20H2,(H,21,22)/b10-9+. The minimum absolute atomic E-state index is 0.122. The molecule has 0 aliphatic heterocycles. The van der Waals surface area contributed by atoms with E-state index in [1.165, 1.54) is 18.2 Å². The van der Waals surface area contributed by atoms with Gasteiger partial charge in [-0.2, -0.15) is 5.10 Å². The van der Waals surface area contributed by atoms with Crippen LogP contribution in [0, 0.1) is 5.82 Å². The first-order valence-corrected chi connectivity index (χ1v) is 7.01. The van der Waals surface area contributed by atoms with Crippen LogP contribution in [0.15, 0.2) is 60.7 Å². The number of H-pyrrole nitrogens is 1. The Morgan fingerprint density at radius 3 is 2.48 bits per heavy atom. The van der Waals surface area contributed by atoms with Gasteiger partial charge >= 0.3 is 0 Å². The number of nitrogens with one attached hydrogen (secondary N) is 1. The van der Waals surface area contributed by atoms with E-state index in [4.69, 9.17) is 5.73 Å². The highest BCUT2D eigenvalue weighted by atomic mass is 19.1. The third-order valence-corrected chi connectivity index (χ3v) is 3.35. The molecule has 0 saturated heterocycles. The molecule has 4 nitrogen and oxygen atoms in total. The van der Waals surface area contributed by atoms with Crippen LogP contribution in [0.5, 0.6) is 0 Å². The second kappa shape index (κ2) is 6.27. The number of ketones is 1. The first kappa shape index (κ1) is 14.7. The Bertz CT molecular complexity index is 849. The lowest BCUT2D eigenvalue weighted by atomic mass is 10.1. The van der Waals surface area contributed by atoms with Gasteiger partial charge in [0.15, 0.2) is 5.78 Å². The molecule has 1 heterocycles. The molecular formula is C18H14FN3O. The van der Waals surface area contributed by atoms with Gasteiger partial charge in [0.25, 0.3) is 0 Å². The normalized spacial score (nSPS) is 11.0. The number of hydrogen-bond acceptors (Lipinski definition) is 3. The molecule has 0 radical (unpaired) electrons. The van der Waals surface area contributed by atoms with Gasteiger partial charge in [0.05, 0.1) is 11.4 Å². The summed E-state index contributed by atoms with van der Waals surface area (Å²) in [7, 11) is 0. The van der Waals surface area contributed by atoms with Gasteiger partial charge in [0, 0.05) is 16.8 Å². The topological polar surface area (TPSA) is 71.8 Å². The van der Waals surface area contributed by atoms with Crippen molar-refractivity contribution in [2.24, 2.45) is 0 Å². The summed E-state index contributed by atoms with van der Waals surface area (Å²) in [6.45, 7) is 0. The molecule has 0 saturated carbocycles. The minimum Gasteiger partial charge on any atom is -0.399 e. The van der Waals surface area contributed by atoms with Crippen LogP contribution in [0.1, 0.15) is 16.1 Å². The van der Waals surface area contributed by atoms with Crippen LogP contribution in [0.25, 0.3) is 17.3 Å². The molecule has 3 N–H and O–H groups in total. The predicted octanol–water partition coefficient (Wildman–Crippen LogP) is 3.69. The fourth-order valence-corrected chi connectivity index (χ4v) is 2.10. The lowest BCUT2D eigenvalue weighted by Gasteiger charge is -1.96. The highest BCUT2D eigenvalue weighted by Crippen LogP contribution is 2.18. The number of hydrogen-bond donors (Lipinski definition) is 2. The SMILES string of the molecule is Nc1ccc(C(=O)/C=C/c2cc(-c3ccc(F)cc3)n[nH]2)cc1. The van der Waals surface area contributed by atoms with Crippen LogP contribution >= 0.6 is 0 Å². The number of carbonyl (C=O) groups is 1. The first-order valence-electron chi connectivity index (χ1n) is 7.01. The van der Waals surface area contributed by atoms with Crippen molar-refractivity contribution in [3.05, 3.63) is 77.7 Å². The second-order valence-corrected chi connectivity index (χ2v) is 5.04. The minimum atomic E-state index is -0.293. The number of nitrogens with zero attached hydrogens (tertiary/aromatic N) is 1. The monoisotopic (exact) mass is 307 g/mol. The predicted molar refractivity (Wildman–Crippen MR) is 88.2 cm³/mol. The number of benzene rings is 2. The summed E-state index contributed by atoms with van der Waals surface area (Å²) in [5.41, 5.74) is 8.94. The quantitative estimate of drug-likeness (QED) is 0.438. The Morgan fingerprint density at radius 2 is 1.78 bits per heavy atom. The molecule has 3 rings (SSSR count). The van der Waals surface area contributed by atoms with Gasteiger partial charge in [-0.25, -0.2) is 4.39 Å². The average Bonchev–Trinajstić information content (AvgIpc) is 3.03. The molecule has 0 fully saturated rings. The molecule has 1 aromatic heterocycles. The number of anilines is 1. The number of nitrogens with two attached hydrogens (primary N) is 1. The largest absolute Gasteiger partial charge is 0.399 e. The van der Waals surface area contributed by atoms with E-state index < -0.39 is 0 Å². The molecule has 2 aromatic carbocycles. The van der Waals surface area contributed by atoms with Crippen molar-refractivity contribution in [2.45, 2.75) is 0 Å². The maximum Gasteiger partial charge on any atom is 0.185 e.